The van der Waals surface area contributed by atoms with Gasteiger partial charge in [-0.2, -0.15) is 0 Å². The molecular formula is C41H34BNO2. The van der Waals surface area contributed by atoms with Crippen LogP contribution in [0.4, 0.5) is 0 Å². The van der Waals surface area contributed by atoms with Crippen molar-refractivity contribution in [1.82, 2.24) is 4.57 Å². The molecule has 8 rings (SSSR count). The van der Waals surface area contributed by atoms with Crippen LogP contribution in [0.25, 0.3) is 60.9 Å². The lowest BCUT2D eigenvalue weighted by atomic mass is 9.75. The third kappa shape index (κ3) is 3.99. The standard InChI is InChI=1S/C41H34BNO2/c1-25-29(15-10-16-30(25)31-17-11-19-37(26(31)2)42(44)45)27-20-23-38-35(24-27)34-22-21-33-32-14-8-9-18-36(32)41(3,4)39(33)40(34)43(38)28-12-6-5-7-13-28/h5-24,44-45H,1-4H3. The van der Waals surface area contributed by atoms with Gasteiger partial charge >= 0.3 is 7.12 Å². The average molecular weight is 584 g/mol. The first-order chi connectivity index (χ1) is 21.8. The van der Waals surface area contributed by atoms with Crippen molar-refractivity contribution in [3.05, 3.63) is 144 Å². The molecule has 1 heterocycles. The summed E-state index contributed by atoms with van der Waals surface area (Å²) in [5.74, 6) is 0. The summed E-state index contributed by atoms with van der Waals surface area (Å²) in [6, 6.07) is 43.2. The molecule has 0 atom stereocenters. The zero-order valence-corrected chi connectivity index (χ0v) is 26.0. The van der Waals surface area contributed by atoms with E-state index in [1.807, 2.05) is 13.0 Å². The third-order valence-electron chi connectivity index (χ3n) is 10.0. The van der Waals surface area contributed by atoms with Crippen LogP contribution in [0.3, 0.4) is 0 Å². The van der Waals surface area contributed by atoms with Crippen molar-refractivity contribution < 1.29 is 10.0 Å². The predicted molar refractivity (Wildman–Crippen MR) is 189 cm³/mol. The first kappa shape index (κ1) is 27.6. The SMILES string of the molecule is Cc1c(B(O)O)cccc1-c1cccc(-c2ccc3c(c2)c2ccc4c(c2n3-c2ccccc2)C(C)(C)c2ccccc2-4)c1C. The molecule has 218 valence electrons. The summed E-state index contributed by atoms with van der Waals surface area (Å²) in [7, 11) is -1.50. The lowest BCUT2D eigenvalue weighted by molar-refractivity contribution is 0.425. The van der Waals surface area contributed by atoms with Crippen molar-refractivity contribution in [2.24, 2.45) is 0 Å². The lowest BCUT2D eigenvalue weighted by Gasteiger charge is -2.23. The van der Waals surface area contributed by atoms with E-state index in [0.717, 1.165) is 33.5 Å². The lowest BCUT2D eigenvalue weighted by Crippen LogP contribution is -2.32. The highest BCUT2D eigenvalue weighted by Gasteiger charge is 2.38. The first-order valence-electron chi connectivity index (χ1n) is 15.6. The van der Waals surface area contributed by atoms with Crippen molar-refractivity contribution in [2.45, 2.75) is 33.1 Å². The Bertz CT molecular complexity index is 2300. The van der Waals surface area contributed by atoms with Gasteiger partial charge in [0.2, 0.25) is 0 Å². The molecule has 2 N–H and O–H groups in total. The summed E-state index contributed by atoms with van der Waals surface area (Å²) in [6.07, 6.45) is 0. The molecule has 0 spiro atoms. The summed E-state index contributed by atoms with van der Waals surface area (Å²) in [5.41, 5.74) is 15.9. The molecule has 0 saturated heterocycles. The van der Waals surface area contributed by atoms with E-state index in [0.29, 0.717) is 5.46 Å². The number of hydrogen-bond donors (Lipinski definition) is 2. The second-order valence-corrected chi connectivity index (χ2v) is 12.8. The van der Waals surface area contributed by atoms with Gasteiger partial charge in [-0.15, -0.1) is 0 Å². The first-order valence-corrected chi connectivity index (χ1v) is 15.6. The van der Waals surface area contributed by atoms with E-state index in [2.05, 4.69) is 135 Å². The fourth-order valence-electron chi connectivity index (χ4n) is 7.84. The molecular weight excluding hydrogens is 549 g/mol. The minimum Gasteiger partial charge on any atom is -0.423 e. The van der Waals surface area contributed by atoms with E-state index in [1.54, 1.807) is 6.07 Å². The number of benzene rings is 6. The summed E-state index contributed by atoms with van der Waals surface area (Å²) in [4.78, 5) is 0. The van der Waals surface area contributed by atoms with E-state index in [9.17, 15) is 10.0 Å². The van der Waals surface area contributed by atoms with Gasteiger partial charge in [-0.05, 0) is 99.2 Å². The Hall–Kier alpha value is -4.90. The van der Waals surface area contributed by atoms with Crippen LogP contribution in [0.15, 0.2) is 121 Å². The highest BCUT2D eigenvalue weighted by molar-refractivity contribution is 6.59. The van der Waals surface area contributed by atoms with Crippen LogP contribution < -0.4 is 5.46 Å². The number of aromatic nitrogens is 1. The summed E-state index contributed by atoms with van der Waals surface area (Å²) in [6.45, 7) is 8.84. The maximum atomic E-state index is 9.94. The molecule has 1 aliphatic carbocycles. The number of fused-ring (bicyclic) bond motifs is 7. The van der Waals surface area contributed by atoms with Crippen molar-refractivity contribution in [3.63, 3.8) is 0 Å². The number of para-hydroxylation sites is 1. The Balaban J connectivity index is 1.39. The molecule has 0 fully saturated rings. The van der Waals surface area contributed by atoms with Gasteiger partial charge < -0.3 is 14.6 Å². The maximum Gasteiger partial charge on any atom is 0.488 e. The number of hydrogen-bond acceptors (Lipinski definition) is 2. The van der Waals surface area contributed by atoms with Crippen LogP contribution in [-0.4, -0.2) is 21.7 Å². The fourth-order valence-corrected chi connectivity index (χ4v) is 7.84. The van der Waals surface area contributed by atoms with Gasteiger partial charge in [-0.25, -0.2) is 0 Å². The summed E-state index contributed by atoms with van der Waals surface area (Å²) >= 11 is 0. The minimum atomic E-state index is -1.50. The van der Waals surface area contributed by atoms with Gasteiger partial charge in [0, 0.05) is 21.9 Å². The molecule has 0 saturated carbocycles. The number of rotatable bonds is 4. The van der Waals surface area contributed by atoms with E-state index >= 15 is 0 Å². The zero-order chi connectivity index (χ0) is 31.0. The second-order valence-electron chi connectivity index (χ2n) is 12.8. The highest BCUT2D eigenvalue weighted by atomic mass is 16.4. The van der Waals surface area contributed by atoms with Gasteiger partial charge in [0.05, 0.1) is 11.0 Å². The maximum absolute atomic E-state index is 9.94. The van der Waals surface area contributed by atoms with E-state index in [4.69, 9.17) is 0 Å². The monoisotopic (exact) mass is 583 g/mol. The summed E-state index contributed by atoms with van der Waals surface area (Å²) in [5, 5.41) is 22.4. The molecule has 0 bridgehead atoms. The fraction of sp³-hybridized carbons (Fsp3) is 0.122. The van der Waals surface area contributed by atoms with Crippen LogP contribution in [0, 0.1) is 13.8 Å². The van der Waals surface area contributed by atoms with Crippen LogP contribution in [0.2, 0.25) is 0 Å². The molecule has 0 amide bonds. The van der Waals surface area contributed by atoms with Crippen LogP contribution in [0.1, 0.15) is 36.1 Å². The van der Waals surface area contributed by atoms with Crippen molar-refractivity contribution in [1.29, 1.82) is 0 Å². The quantitative estimate of drug-likeness (QED) is 0.204. The second kappa shape index (κ2) is 10.1. The van der Waals surface area contributed by atoms with Crippen LogP contribution >= 0.6 is 0 Å². The third-order valence-corrected chi connectivity index (χ3v) is 10.0. The van der Waals surface area contributed by atoms with Gasteiger partial charge in [-0.1, -0.05) is 111 Å². The van der Waals surface area contributed by atoms with Gasteiger partial charge in [0.1, 0.15) is 0 Å². The Morgan fingerprint density at radius 3 is 2.02 bits per heavy atom. The molecule has 0 aliphatic heterocycles. The molecule has 0 radical (unpaired) electrons. The normalized spacial score (nSPS) is 13.3. The zero-order valence-electron chi connectivity index (χ0n) is 26.0. The molecule has 4 heteroatoms. The molecule has 6 aromatic carbocycles. The minimum absolute atomic E-state index is 0.144. The van der Waals surface area contributed by atoms with Crippen molar-refractivity contribution >= 4 is 34.4 Å². The van der Waals surface area contributed by atoms with Crippen molar-refractivity contribution in [2.75, 3.05) is 0 Å². The molecule has 1 aliphatic rings. The largest absolute Gasteiger partial charge is 0.488 e. The molecule has 0 unspecified atom stereocenters. The van der Waals surface area contributed by atoms with Gasteiger partial charge in [-0.3, -0.25) is 0 Å². The molecule has 3 nitrogen and oxygen atoms in total. The summed E-state index contributed by atoms with van der Waals surface area (Å²) < 4.78 is 2.46. The van der Waals surface area contributed by atoms with E-state index < -0.39 is 7.12 Å². The van der Waals surface area contributed by atoms with E-state index in [-0.39, 0.29) is 5.41 Å². The Morgan fingerprint density at radius 2 is 1.24 bits per heavy atom. The van der Waals surface area contributed by atoms with Gasteiger partial charge in [0.15, 0.2) is 0 Å². The van der Waals surface area contributed by atoms with Crippen LogP contribution in [-0.2, 0) is 5.41 Å². The Labute approximate surface area is 264 Å². The van der Waals surface area contributed by atoms with Crippen LogP contribution in [0.5, 0.6) is 0 Å². The van der Waals surface area contributed by atoms with Crippen molar-refractivity contribution in [3.8, 4) is 39.1 Å². The molecule has 1 aromatic heterocycles. The highest BCUT2D eigenvalue weighted by Crippen LogP contribution is 2.53. The van der Waals surface area contributed by atoms with E-state index in [1.165, 1.54) is 49.6 Å². The Morgan fingerprint density at radius 1 is 0.578 bits per heavy atom. The Kier molecular flexibility index (Phi) is 6.18. The smallest absolute Gasteiger partial charge is 0.423 e. The molecule has 45 heavy (non-hydrogen) atoms. The molecule has 7 aromatic rings. The van der Waals surface area contributed by atoms with Gasteiger partial charge in [0.25, 0.3) is 0 Å². The average Bonchev–Trinajstić information content (AvgIpc) is 3.50. The number of nitrogens with zero attached hydrogens (tertiary/aromatic N) is 1. The predicted octanol–water partition coefficient (Wildman–Crippen LogP) is 8.72. The topological polar surface area (TPSA) is 45.4 Å².